The average molecular weight is 393 g/mol. The molecule has 1 fully saturated rings. The number of carbonyl (C=O) groups is 1. The molecule has 3 rings (SSSR count). The number of guanidine groups is 1. The second kappa shape index (κ2) is 9.59. The normalized spacial score (nSPS) is 14.9. The van der Waals surface area contributed by atoms with Crippen LogP contribution < -0.4 is 10.6 Å². The van der Waals surface area contributed by atoms with Gasteiger partial charge in [-0.1, -0.05) is 68.4 Å². The molecule has 2 aromatic carbocycles. The van der Waals surface area contributed by atoms with E-state index < -0.39 is 0 Å². The number of nitrogens with zero attached hydrogens (tertiary/aromatic N) is 2. The van der Waals surface area contributed by atoms with Crippen molar-refractivity contribution in [2.75, 3.05) is 20.1 Å². The fourth-order valence-corrected chi connectivity index (χ4v) is 3.66. The molecule has 0 aromatic heterocycles. The van der Waals surface area contributed by atoms with Crippen molar-refractivity contribution in [3.63, 3.8) is 0 Å². The van der Waals surface area contributed by atoms with Gasteiger partial charge in [0.1, 0.15) is 0 Å². The van der Waals surface area contributed by atoms with E-state index in [4.69, 9.17) is 0 Å². The minimum atomic E-state index is -0.00704. The number of rotatable bonds is 7. The number of likely N-dealkylation sites (tertiary alicyclic amines) is 1. The first kappa shape index (κ1) is 20.9. The Balaban J connectivity index is 1.58. The second-order valence-corrected chi connectivity index (χ2v) is 8.22. The number of amides is 1. The van der Waals surface area contributed by atoms with Crippen LogP contribution in [0.2, 0.25) is 0 Å². The first-order valence-corrected chi connectivity index (χ1v) is 10.3. The molecule has 0 unspecified atom stereocenters. The van der Waals surface area contributed by atoms with E-state index in [0.717, 1.165) is 25.5 Å². The van der Waals surface area contributed by atoms with Crippen LogP contribution >= 0.6 is 0 Å². The summed E-state index contributed by atoms with van der Waals surface area (Å²) in [7, 11) is 1.79. The second-order valence-electron chi connectivity index (χ2n) is 8.22. The van der Waals surface area contributed by atoms with Gasteiger partial charge in [-0.25, -0.2) is 0 Å². The van der Waals surface area contributed by atoms with Crippen LogP contribution in [0.4, 0.5) is 0 Å². The zero-order valence-electron chi connectivity index (χ0n) is 17.7. The minimum absolute atomic E-state index is 0.00704. The summed E-state index contributed by atoms with van der Waals surface area (Å²) in [6, 6.07) is 18.8. The summed E-state index contributed by atoms with van der Waals surface area (Å²) in [6.07, 6.45) is 1.64. The summed E-state index contributed by atoms with van der Waals surface area (Å²) in [6.45, 7) is 7.45. The van der Waals surface area contributed by atoms with E-state index in [2.05, 4.69) is 65.9 Å². The Morgan fingerprint density at radius 2 is 1.72 bits per heavy atom. The van der Waals surface area contributed by atoms with Gasteiger partial charge in [-0.15, -0.1) is 0 Å². The number of nitrogens with one attached hydrogen (secondary N) is 2. The molecule has 0 bridgehead atoms. The molecule has 2 N–H and O–H groups in total. The van der Waals surface area contributed by atoms with Crippen LogP contribution in [0.3, 0.4) is 0 Å². The van der Waals surface area contributed by atoms with Crippen molar-refractivity contribution >= 4 is 11.9 Å². The molecule has 0 atom stereocenters. The molecule has 29 heavy (non-hydrogen) atoms. The maximum Gasteiger partial charge on any atom is 0.222 e. The SMILES string of the molecule is CN=C(NCc1ccccc1CN1CCCC1=O)NCC(C)(C)c1ccccc1. The van der Waals surface area contributed by atoms with Crippen molar-refractivity contribution in [1.29, 1.82) is 0 Å². The Hall–Kier alpha value is -2.82. The van der Waals surface area contributed by atoms with Gasteiger partial charge in [-0.05, 0) is 23.1 Å². The third-order valence-corrected chi connectivity index (χ3v) is 5.57. The van der Waals surface area contributed by atoms with E-state index in [1.807, 2.05) is 23.1 Å². The van der Waals surface area contributed by atoms with Crippen LogP contribution in [0.25, 0.3) is 0 Å². The quantitative estimate of drug-likeness (QED) is 0.560. The summed E-state index contributed by atoms with van der Waals surface area (Å²) in [5.74, 6) is 1.04. The Bertz CT molecular complexity index is 845. The van der Waals surface area contributed by atoms with Crippen molar-refractivity contribution < 1.29 is 4.79 Å². The molecular weight excluding hydrogens is 360 g/mol. The molecule has 0 radical (unpaired) electrons. The molecule has 0 spiro atoms. The number of hydrogen-bond acceptors (Lipinski definition) is 2. The number of benzene rings is 2. The van der Waals surface area contributed by atoms with Gasteiger partial charge in [0, 0.05) is 45.1 Å². The van der Waals surface area contributed by atoms with E-state index >= 15 is 0 Å². The summed E-state index contributed by atoms with van der Waals surface area (Å²) in [5.41, 5.74) is 3.67. The van der Waals surface area contributed by atoms with Gasteiger partial charge in [-0.3, -0.25) is 9.79 Å². The number of aliphatic imine (C=N–C) groups is 1. The fourth-order valence-electron chi connectivity index (χ4n) is 3.66. The van der Waals surface area contributed by atoms with E-state index in [0.29, 0.717) is 19.5 Å². The highest BCUT2D eigenvalue weighted by atomic mass is 16.2. The molecule has 1 aliphatic heterocycles. The predicted molar refractivity (Wildman–Crippen MR) is 119 cm³/mol. The summed E-state index contributed by atoms with van der Waals surface area (Å²) in [5, 5.41) is 6.87. The van der Waals surface area contributed by atoms with E-state index in [1.54, 1.807) is 7.05 Å². The topological polar surface area (TPSA) is 56.7 Å². The van der Waals surface area contributed by atoms with Gasteiger partial charge in [0.15, 0.2) is 5.96 Å². The highest BCUT2D eigenvalue weighted by Crippen LogP contribution is 2.21. The molecule has 1 heterocycles. The molecule has 0 saturated carbocycles. The van der Waals surface area contributed by atoms with Crippen LogP contribution in [0, 0.1) is 0 Å². The molecule has 1 saturated heterocycles. The Morgan fingerprint density at radius 3 is 2.38 bits per heavy atom. The van der Waals surface area contributed by atoms with Gasteiger partial charge in [0.05, 0.1) is 0 Å². The van der Waals surface area contributed by atoms with Gasteiger partial charge in [-0.2, -0.15) is 0 Å². The van der Waals surface area contributed by atoms with Crippen molar-refractivity contribution in [1.82, 2.24) is 15.5 Å². The fraction of sp³-hybridized carbons (Fsp3) is 0.417. The van der Waals surface area contributed by atoms with Crippen molar-refractivity contribution in [3.8, 4) is 0 Å². The summed E-state index contributed by atoms with van der Waals surface area (Å²) >= 11 is 0. The van der Waals surface area contributed by atoms with E-state index in [9.17, 15) is 4.79 Å². The first-order valence-electron chi connectivity index (χ1n) is 10.3. The van der Waals surface area contributed by atoms with Crippen LogP contribution in [-0.2, 0) is 23.3 Å². The molecule has 1 amide bonds. The van der Waals surface area contributed by atoms with Crippen LogP contribution in [0.5, 0.6) is 0 Å². The molecule has 2 aromatic rings. The van der Waals surface area contributed by atoms with Crippen molar-refractivity contribution in [2.45, 2.75) is 45.2 Å². The van der Waals surface area contributed by atoms with Crippen LogP contribution in [-0.4, -0.2) is 36.9 Å². The van der Waals surface area contributed by atoms with Crippen LogP contribution in [0.15, 0.2) is 59.6 Å². The highest BCUT2D eigenvalue weighted by Gasteiger charge is 2.22. The van der Waals surface area contributed by atoms with Crippen LogP contribution in [0.1, 0.15) is 43.4 Å². The molecular formula is C24H32N4O. The molecule has 5 heteroatoms. The lowest BCUT2D eigenvalue weighted by molar-refractivity contribution is -0.128. The largest absolute Gasteiger partial charge is 0.356 e. The maximum absolute atomic E-state index is 12.0. The Labute approximate surface area is 174 Å². The lowest BCUT2D eigenvalue weighted by Crippen LogP contribution is -2.43. The molecule has 5 nitrogen and oxygen atoms in total. The van der Waals surface area contributed by atoms with Gasteiger partial charge in [0.25, 0.3) is 0 Å². The zero-order valence-corrected chi connectivity index (χ0v) is 17.7. The zero-order chi connectivity index (χ0) is 20.7. The lowest BCUT2D eigenvalue weighted by Gasteiger charge is -2.27. The Morgan fingerprint density at radius 1 is 1.03 bits per heavy atom. The third-order valence-electron chi connectivity index (χ3n) is 5.57. The molecule has 154 valence electrons. The van der Waals surface area contributed by atoms with Gasteiger partial charge < -0.3 is 15.5 Å². The average Bonchev–Trinajstić information content (AvgIpc) is 3.14. The predicted octanol–water partition coefficient (Wildman–Crippen LogP) is 3.45. The molecule has 0 aliphatic carbocycles. The third kappa shape index (κ3) is 5.59. The molecule has 1 aliphatic rings. The standard InChI is InChI=1S/C24H32N4O/c1-24(2,21-12-5-4-6-13-21)18-27-23(25-3)26-16-19-10-7-8-11-20(19)17-28-15-9-14-22(28)29/h4-8,10-13H,9,14-18H2,1-3H3,(H2,25,26,27). The lowest BCUT2D eigenvalue weighted by atomic mass is 9.85. The Kier molecular flexibility index (Phi) is 6.91. The van der Waals surface area contributed by atoms with Gasteiger partial charge >= 0.3 is 0 Å². The maximum atomic E-state index is 12.0. The summed E-state index contributed by atoms with van der Waals surface area (Å²) < 4.78 is 0. The summed E-state index contributed by atoms with van der Waals surface area (Å²) in [4.78, 5) is 18.3. The highest BCUT2D eigenvalue weighted by molar-refractivity contribution is 5.80. The number of carbonyl (C=O) groups excluding carboxylic acids is 1. The smallest absolute Gasteiger partial charge is 0.222 e. The van der Waals surface area contributed by atoms with Gasteiger partial charge in [0.2, 0.25) is 5.91 Å². The number of hydrogen-bond donors (Lipinski definition) is 2. The monoisotopic (exact) mass is 392 g/mol. The minimum Gasteiger partial charge on any atom is -0.356 e. The first-order chi connectivity index (χ1) is 14.0. The van der Waals surface area contributed by atoms with E-state index in [1.165, 1.54) is 16.7 Å². The van der Waals surface area contributed by atoms with Crippen molar-refractivity contribution in [3.05, 3.63) is 71.3 Å². The van der Waals surface area contributed by atoms with E-state index in [-0.39, 0.29) is 11.3 Å². The van der Waals surface area contributed by atoms with Crippen molar-refractivity contribution in [2.24, 2.45) is 4.99 Å².